The second-order valence-electron chi connectivity index (χ2n) is 8.25. The van der Waals surface area contributed by atoms with E-state index >= 15 is 0 Å². The Hall–Kier alpha value is -2.72. The first-order chi connectivity index (χ1) is 15.6. The van der Waals surface area contributed by atoms with Crippen LogP contribution in [0.15, 0.2) is 23.2 Å². The molecule has 1 saturated heterocycles. The molecule has 1 N–H and O–H groups in total. The molecule has 3 rings (SSSR count). The summed E-state index contributed by atoms with van der Waals surface area (Å²) >= 11 is 0. The Morgan fingerprint density at radius 2 is 1.91 bits per heavy atom. The van der Waals surface area contributed by atoms with E-state index in [1.165, 1.54) is 4.31 Å². The number of hydrogen-bond donors (Lipinski definition) is 1. The van der Waals surface area contributed by atoms with Crippen LogP contribution >= 0.6 is 0 Å². The van der Waals surface area contributed by atoms with Gasteiger partial charge >= 0.3 is 5.97 Å². The van der Waals surface area contributed by atoms with Crippen molar-refractivity contribution in [2.24, 2.45) is 5.92 Å². The van der Waals surface area contributed by atoms with E-state index in [0.29, 0.717) is 36.6 Å². The van der Waals surface area contributed by atoms with Crippen LogP contribution in [0.3, 0.4) is 0 Å². The van der Waals surface area contributed by atoms with Crippen LogP contribution in [0.5, 0.6) is 0 Å². The predicted octanol–water partition coefficient (Wildman–Crippen LogP) is 3.04. The van der Waals surface area contributed by atoms with Crippen molar-refractivity contribution in [1.29, 1.82) is 0 Å². The van der Waals surface area contributed by atoms with Gasteiger partial charge in [0.1, 0.15) is 16.3 Å². The number of aromatic nitrogens is 2. The average Bonchev–Trinajstić information content (AvgIpc) is 3.05. The molecule has 3 heterocycles. The van der Waals surface area contributed by atoms with Gasteiger partial charge in [-0.1, -0.05) is 6.07 Å². The molecule has 33 heavy (non-hydrogen) atoms. The molecule has 10 heteroatoms. The molecule has 180 valence electrons. The maximum absolute atomic E-state index is 13.7. The van der Waals surface area contributed by atoms with Gasteiger partial charge in [-0.2, -0.15) is 4.31 Å². The molecule has 0 aliphatic carbocycles. The molecular formula is C23H32N4O5S. The zero-order valence-corrected chi connectivity index (χ0v) is 20.7. The van der Waals surface area contributed by atoms with E-state index in [0.717, 1.165) is 5.56 Å². The number of hydrogen-bond acceptors (Lipinski definition) is 6. The maximum atomic E-state index is 13.7. The molecule has 1 fully saturated rings. The van der Waals surface area contributed by atoms with Crippen molar-refractivity contribution in [3.05, 3.63) is 40.8 Å². The van der Waals surface area contributed by atoms with Crippen LogP contribution in [0, 0.1) is 26.7 Å². The summed E-state index contributed by atoms with van der Waals surface area (Å²) in [7, 11) is -4.03. The van der Waals surface area contributed by atoms with Crippen molar-refractivity contribution in [3.8, 4) is 0 Å². The van der Waals surface area contributed by atoms with Gasteiger partial charge in [-0.15, -0.1) is 0 Å². The molecule has 1 aliphatic heterocycles. The van der Waals surface area contributed by atoms with Gasteiger partial charge in [0.05, 0.1) is 12.5 Å². The van der Waals surface area contributed by atoms with Crippen molar-refractivity contribution in [2.75, 3.05) is 25.0 Å². The number of amides is 1. The van der Waals surface area contributed by atoms with Gasteiger partial charge in [-0.05, 0) is 59.1 Å². The SMILES string of the molecule is CCOC(=O)c1c(S(=O)(=O)N2CCC[C@H](C(=O)Nc3ccc(C)cn3)C2)c(C)n(CC)c1C. The highest BCUT2D eigenvalue weighted by Crippen LogP contribution is 2.32. The number of ether oxygens (including phenoxy) is 1. The fraction of sp³-hybridized carbons (Fsp3) is 0.522. The molecule has 0 radical (unpaired) electrons. The number of esters is 1. The van der Waals surface area contributed by atoms with E-state index in [1.807, 2.05) is 19.9 Å². The molecule has 2 aromatic heterocycles. The third-order valence-corrected chi connectivity index (χ3v) is 8.07. The Kier molecular flexibility index (Phi) is 7.58. The van der Waals surface area contributed by atoms with Crippen LogP contribution in [0.25, 0.3) is 0 Å². The quantitative estimate of drug-likeness (QED) is 0.615. The van der Waals surface area contributed by atoms with Gasteiger partial charge in [0.25, 0.3) is 0 Å². The number of sulfonamides is 1. The molecule has 0 aromatic carbocycles. The molecule has 9 nitrogen and oxygen atoms in total. The maximum Gasteiger partial charge on any atom is 0.341 e. The summed E-state index contributed by atoms with van der Waals surface area (Å²) in [5, 5.41) is 2.78. The van der Waals surface area contributed by atoms with Crippen molar-refractivity contribution < 1.29 is 22.7 Å². The first kappa shape index (κ1) is 24.9. The molecule has 0 spiro atoms. The molecule has 0 unspecified atom stereocenters. The highest BCUT2D eigenvalue weighted by atomic mass is 32.2. The van der Waals surface area contributed by atoms with Crippen LogP contribution in [0.4, 0.5) is 5.82 Å². The summed E-state index contributed by atoms with van der Waals surface area (Å²) in [6, 6.07) is 3.57. The van der Waals surface area contributed by atoms with E-state index in [-0.39, 0.29) is 36.1 Å². The van der Waals surface area contributed by atoms with Crippen molar-refractivity contribution in [3.63, 3.8) is 0 Å². The van der Waals surface area contributed by atoms with E-state index in [9.17, 15) is 18.0 Å². The Labute approximate surface area is 195 Å². The smallest absolute Gasteiger partial charge is 0.341 e. The summed E-state index contributed by atoms with van der Waals surface area (Å²) in [6.45, 7) is 9.90. The zero-order chi connectivity index (χ0) is 24.3. The monoisotopic (exact) mass is 476 g/mol. The van der Waals surface area contributed by atoms with Crippen LogP contribution in [-0.2, 0) is 26.1 Å². The predicted molar refractivity (Wildman–Crippen MR) is 125 cm³/mol. The Morgan fingerprint density at radius 1 is 1.18 bits per heavy atom. The van der Waals surface area contributed by atoms with Gasteiger partial charge < -0.3 is 14.6 Å². The molecule has 0 saturated carbocycles. The number of carbonyl (C=O) groups is 2. The molecule has 0 bridgehead atoms. The number of pyridine rings is 1. The lowest BCUT2D eigenvalue weighted by Crippen LogP contribution is -2.44. The fourth-order valence-corrected chi connectivity index (χ4v) is 6.34. The van der Waals surface area contributed by atoms with Crippen molar-refractivity contribution >= 4 is 27.7 Å². The summed E-state index contributed by atoms with van der Waals surface area (Å²) in [4.78, 5) is 29.7. The Bertz CT molecular complexity index is 1140. The van der Waals surface area contributed by atoms with Crippen molar-refractivity contribution in [2.45, 2.75) is 58.9 Å². The first-order valence-electron chi connectivity index (χ1n) is 11.2. The first-order valence-corrected chi connectivity index (χ1v) is 12.7. The molecule has 1 amide bonds. The van der Waals surface area contributed by atoms with E-state index in [4.69, 9.17) is 4.74 Å². The fourth-order valence-electron chi connectivity index (χ4n) is 4.36. The van der Waals surface area contributed by atoms with E-state index in [1.54, 1.807) is 37.6 Å². The van der Waals surface area contributed by atoms with Crippen molar-refractivity contribution in [1.82, 2.24) is 13.9 Å². The van der Waals surface area contributed by atoms with Gasteiger partial charge in [-0.25, -0.2) is 18.2 Å². The number of piperidine rings is 1. The second kappa shape index (κ2) is 10.0. The van der Waals surface area contributed by atoms with Gasteiger partial charge in [-0.3, -0.25) is 4.79 Å². The van der Waals surface area contributed by atoms with Crippen LogP contribution in [0.1, 0.15) is 54.0 Å². The molecule has 1 atom stereocenters. The third-order valence-electron chi connectivity index (χ3n) is 6.04. The lowest BCUT2D eigenvalue weighted by molar-refractivity contribution is -0.120. The zero-order valence-electron chi connectivity index (χ0n) is 19.8. The van der Waals surface area contributed by atoms with Crippen LogP contribution in [-0.4, -0.2) is 53.8 Å². The number of anilines is 1. The summed E-state index contributed by atoms with van der Waals surface area (Å²) in [5.74, 6) is -1.00. The standard InChI is InChI=1S/C23H32N4O5S/c1-6-27-16(4)20(23(29)32-7-2)21(17(27)5)33(30,31)26-12-8-9-18(14-26)22(28)25-19-11-10-15(3)13-24-19/h10-11,13,18H,6-9,12,14H2,1-5H3,(H,24,25,28)/t18-/m0/s1. The highest BCUT2D eigenvalue weighted by molar-refractivity contribution is 7.89. The number of nitrogens with one attached hydrogen (secondary N) is 1. The minimum Gasteiger partial charge on any atom is -0.462 e. The van der Waals surface area contributed by atoms with Gasteiger partial charge in [0, 0.05) is 37.2 Å². The largest absolute Gasteiger partial charge is 0.462 e. The second-order valence-corrected chi connectivity index (χ2v) is 10.1. The lowest BCUT2D eigenvalue weighted by Gasteiger charge is -2.31. The number of nitrogens with zero attached hydrogens (tertiary/aromatic N) is 3. The number of carbonyl (C=O) groups excluding carboxylic acids is 2. The minimum atomic E-state index is -4.03. The van der Waals surface area contributed by atoms with E-state index in [2.05, 4.69) is 10.3 Å². The summed E-state index contributed by atoms with van der Waals surface area (Å²) < 4.78 is 35.8. The Balaban J connectivity index is 1.90. The normalized spacial score (nSPS) is 17.1. The van der Waals surface area contributed by atoms with Gasteiger partial charge in [0.2, 0.25) is 15.9 Å². The highest BCUT2D eigenvalue weighted by Gasteiger charge is 2.39. The van der Waals surface area contributed by atoms with Gasteiger partial charge in [0.15, 0.2) is 0 Å². The average molecular weight is 477 g/mol. The topological polar surface area (TPSA) is 111 Å². The number of aryl methyl sites for hydroxylation is 1. The third kappa shape index (κ3) is 4.96. The summed E-state index contributed by atoms with van der Waals surface area (Å²) in [5.41, 5.74) is 2.11. The minimum absolute atomic E-state index is 0.0263. The van der Waals surface area contributed by atoms with Crippen LogP contribution in [0.2, 0.25) is 0 Å². The molecule has 2 aromatic rings. The Morgan fingerprint density at radius 3 is 2.52 bits per heavy atom. The molecule has 1 aliphatic rings. The summed E-state index contributed by atoms with van der Waals surface area (Å²) in [6.07, 6.45) is 2.77. The number of rotatable bonds is 7. The molecular weight excluding hydrogens is 444 g/mol. The van der Waals surface area contributed by atoms with E-state index < -0.39 is 21.9 Å². The van der Waals surface area contributed by atoms with Crippen LogP contribution < -0.4 is 5.32 Å². The lowest BCUT2D eigenvalue weighted by atomic mass is 9.99.